The number of H-pyrrole nitrogens is 1. The molecule has 94 valence electrons. The van der Waals surface area contributed by atoms with E-state index < -0.39 is 0 Å². The molecule has 0 radical (unpaired) electrons. The molecule has 2 fully saturated rings. The molecule has 2 aliphatic rings. The SMILES string of the molecule is c1oc(C2CC2)nc1-c1n[nH]c([C@@H]2CCCO2)n1. The predicted octanol–water partition coefficient (Wildman–Crippen LogP) is 2.19. The number of nitrogens with zero attached hydrogens (tertiary/aromatic N) is 3. The van der Waals surface area contributed by atoms with Gasteiger partial charge in [0.1, 0.15) is 18.1 Å². The largest absolute Gasteiger partial charge is 0.448 e. The first kappa shape index (κ1) is 10.3. The third kappa shape index (κ3) is 1.73. The van der Waals surface area contributed by atoms with Crippen molar-refractivity contribution in [1.29, 1.82) is 0 Å². The molecule has 6 nitrogen and oxygen atoms in total. The smallest absolute Gasteiger partial charge is 0.203 e. The number of rotatable bonds is 3. The first-order chi connectivity index (χ1) is 8.90. The van der Waals surface area contributed by atoms with Gasteiger partial charge < -0.3 is 9.15 Å². The Hall–Kier alpha value is -1.69. The van der Waals surface area contributed by atoms with E-state index in [0.717, 1.165) is 31.2 Å². The first-order valence-electron chi connectivity index (χ1n) is 6.40. The van der Waals surface area contributed by atoms with Gasteiger partial charge in [0.05, 0.1) is 0 Å². The van der Waals surface area contributed by atoms with Gasteiger partial charge in [-0.1, -0.05) is 0 Å². The topological polar surface area (TPSA) is 76.8 Å². The molecule has 18 heavy (non-hydrogen) atoms. The molecule has 1 N–H and O–H groups in total. The van der Waals surface area contributed by atoms with Crippen molar-refractivity contribution < 1.29 is 9.15 Å². The second-order valence-corrected chi connectivity index (χ2v) is 4.89. The van der Waals surface area contributed by atoms with Crippen molar-refractivity contribution in [1.82, 2.24) is 20.2 Å². The lowest BCUT2D eigenvalue weighted by Gasteiger charge is -2.02. The molecule has 2 aromatic heterocycles. The van der Waals surface area contributed by atoms with Gasteiger partial charge in [-0.05, 0) is 25.7 Å². The van der Waals surface area contributed by atoms with Crippen molar-refractivity contribution in [2.24, 2.45) is 0 Å². The molecule has 6 heteroatoms. The molecule has 1 atom stereocenters. The van der Waals surface area contributed by atoms with Gasteiger partial charge in [-0.2, -0.15) is 5.10 Å². The summed E-state index contributed by atoms with van der Waals surface area (Å²) in [5, 5.41) is 7.12. The molecule has 4 rings (SSSR count). The minimum Gasteiger partial charge on any atom is -0.448 e. The fraction of sp³-hybridized carbons (Fsp3) is 0.583. The third-order valence-corrected chi connectivity index (χ3v) is 3.42. The Balaban J connectivity index is 1.59. The van der Waals surface area contributed by atoms with E-state index in [1.807, 2.05) is 0 Å². The summed E-state index contributed by atoms with van der Waals surface area (Å²) in [6.45, 7) is 0.802. The van der Waals surface area contributed by atoms with E-state index in [1.54, 1.807) is 6.26 Å². The van der Waals surface area contributed by atoms with Crippen molar-refractivity contribution in [3.63, 3.8) is 0 Å². The zero-order valence-electron chi connectivity index (χ0n) is 9.93. The van der Waals surface area contributed by atoms with Crippen LogP contribution in [0.15, 0.2) is 10.7 Å². The van der Waals surface area contributed by atoms with Crippen LogP contribution in [0.3, 0.4) is 0 Å². The van der Waals surface area contributed by atoms with Crippen molar-refractivity contribution in [2.45, 2.75) is 37.7 Å². The Morgan fingerprint density at radius 1 is 1.22 bits per heavy atom. The van der Waals surface area contributed by atoms with E-state index in [-0.39, 0.29) is 6.10 Å². The van der Waals surface area contributed by atoms with Gasteiger partial charge in [-0.25, -0.2) is 9.97 Å². The van der Waals surface area contributed by atoms with E-state index in [2.05, 4.69) is 20.2 Å². The normalized spacial score (nSPS) is 23.7. The lowest BCUT2D eigenvalue weighted by molar-refractivity contribution is 0.105. The Bertz CT molecular complexity index is 552. The lowest BCUT2D eigenvalue weighted by atomic mass is 10.2. The van der Waals surface area contributed by atoms with Crippen LogP contribution in [0.2, 0.25) is 0 Å². The summed E-state index contributed by atoms with van der Waals surface area (Å²) < 4.78 is 11.0. The third-order valence-electron chi connectivity index (χ3n) is 3.42. The number of aromatic amines is 1. The van der Waals surface area contributed by atoms with E-state index in [1.165, 1.54) is 12.8 Å². The molecule has 0 bridgehead atoms. The molecular weight excluding hydrogens is 232 g/mol. The summed E-state index contributed by atoms with van der Waals surface area (Å²) in [5.41, 5.74) is 0.706. The molecule has 1 aliphatic carbocycles. The van der Waals surface area contributed by atoms with Crippen LogP contribution >= 0.6 is 0 Å². The maximum atomic E-state index is 5.56. The van der Waals surface area contributed by atoms with E-state index in [0.29, 0.717) is 17.4 Å². The number of aromatic nitrogens is 4. The predicted molar refractivity (Wildman–Crippen MR) is 61.8 cm³/mol. The molecule has 0 aromatic carbocycles. The van der Waals surface area contributed by atoms with E-state index >= 15 is 0 Å². The number of nitrogens with one attached hydrogen (secondary N) is 1. The van der Waals surface area contributed by atoms with Crippen LogP contribution in [0.25, 0.3) is 11.5 Å². The Morgan fingerprint density at radius 3 is 2.94 bits per heavy atom. The van der Waals surface area contributed by atoms with Crippen molar-refractivity contribution in [3.05, 3.63) is 18.0 Å². The maximum absolute atomic E-state index is 5.56. The highest BCUT2D eigenvalue weighted by Crippen LogP contribution is 2.40. The highest BCUT2D eigenvalue weighted by Gasteiger charge is 2.29. The zero-order valence-corrected chi connectivity index (χ0v) is 9.93. The standard InChI is InChI=1S/C12H14N4O2/c1-2-9(17-5-1)11-14-10(15-16-11)8-6-18-12(13-8)7-3-4-7/h6-7,9H,1-5H2,(H,14,15,16)/t9-/m0/s1. The van der Waals surface area contributed by atoms with Crippen LogP contribution < -0.4 is 0 Å². The summed E-state index contributed by atoms with van der Waals surface area (Å²) in [4.78, 5) is 8.87. The highest BCUT2D eigenvalue weighted by molar-refractivity contribution is 5.46. The fourth-order valence-electron chi connectivity index (χ4n) is 2.23. The average molecular weight is 246 g/mol. The van der Waals surface area contributed by atoms with Gasteiger partial charge in [0.25, 0.3) is 0 Å². The molecule has 2 aromatic rings. The summed E-state index contributed by atoms with van der Waals surface area (Å²) >= 11 is 0. The van der Waals surface area contributed by atoms with E-state index in [4.69, 9.17) is 9.15 Å². The van der Waals surface area contributed by atoms with Crippen LogP contribution in [0.1, 0.15) is 49.4 Å². The van der Waals surface area contributed by atoms with Gasteiger partial charge in [-0.15, -0.1) is 0 Å². The Morgan fingerprint density at radius 2 is 2.17 bits per heavy atom. The molecule has 1 saturated heterocycles. The zero-order chi connectivity index (χ0) is 11.9. The van der Waals surface area contributed by atoms with Crippen molar-refractivity contribution >= 4 is 0 Å². The fourth-order valence-corrected chi connectivity index (χ4v) is 2.23. The molecule has 0 amide bonds. The van der Waals surface area contributed by atoms with Gasteiger partial charge in [-0.3, -0.25) is 5.10 Å². The van der Waals surface area contributed by atoms with Crippen molar-refractivity contribution in [2.75, 3.05) is 6.61 Å². The summed E-state index contributed by atoms with van der Waals surface area (Å²) in [5.74, 6) is 2.71. The lowest BCUT2D eigenvalue weighted by Crippen LogP contribution is -1.97. The Kier molecular flexibility index (Phi) is 2.23. The van der Waals surface area contributed by atoms with Crippen molar-refractivity contribution in [3.8, 4) is 11.5 Å². The second kappa shape index (κ2) is 3.91. The molecule has 1 aliphatic heterocycles. The van der Waals surface area contributed by atoms with Crippen LogP contribution in [0.5, 0.6) is 0 Å². The summed E-state index contributed by atoms with van der Waals surface area (Å²) in [6, 6.07) is 0. The first-order valence-corrected chi connectivity index (χ1v) is 6.40. The highest BCUT2D eigenvalue weighted by atomic mass is 16.5. The van der Waals surface area contributed by atoms with Crippen LogP contribution in [0.4, 0.5) is 0 Å². The van der Waals surface area contributed by atoms with Gasteiger partial charge >= 0.3 is 0 Å². The number of ether oxygens (including phenoxy) is 1. The van der Waals surface area contributed by atoms with Gasteiger partial charge in [0, 0.05) is 12.5 Å². The minimum atomic E-state index is 0.0565. The number of oxazole rings is 1. The Labute approximate surface area is 104 Å². The van der Waals surface area contributed by atoms with Crippen LogP contribution in [-0.2, 0) is 4.74 Å². The summed E-state index contributed by atoms with van der Waals surface area (Å²) in [7, 11) is 0. The van der Waals surface area contributed by atoms with Crippen LogP contribution in [-0.4, -0.2) is 26.8 Å². The molecule has 1 saturated carbocycles. The number of hydrogen-bond acceptors (Lipinski definition) is 5. The van der Waals surface area contributed by atoms with Gasteiger partial charge in [0.2, 0.25) is 5.82 Å². The molecular formula is C12H14N4O2. The van der Waals surface area contributed by atoms with Crippen LogP contribution in [0, 0.1) is 0 Å². The molecule has 0 spiro atoms. The molecule has 3 heterocycles. The monoisotopic (exact) mass is 246 g/mol. The quantitative estimate of drug-likeness (QED) is 0.898. The maximum Gasteiger partial charge on any atom is 0.203 e. The average Bonchev–Trinajstić information content (AvgIpc) is 2.91. The second-order valence-electron chi connectivity index (χ2n) is 4.89. The number of hydrogen-bond donors (Lipinski definition) is 1. The van der Waals surface area contributed by atoms with Gasteiger partial charge in [0.15, 0.2) is 11.7 Å². The molecule has 0 unspecified atom stereocenters. The summed E-state index contributed by atoms with van der Waals surface area (Å²) in [6.07, 6.45) is 6.12. The van der Waals surface area contributed by atoms with E-state index in [9.17, 15) is 0 Å². The minimum absolute atomic E-state index is 0.0565.